The fourth-order valence-corrected chi connectivity index (χ4v) is 1.88. The molecule has 3 nitrogen and oxygen atoms in total. The predicted octanol–water partition coefficient (Wildman–Crippen LogP) is 3.17. The minimum absolute atomic E-state index is 0.525. The van der Waals surface area contributed by atoms with Crippen molar-refractivity contribution in [2.75, 3.05) is 0 Å². The van der Waals surface area contributed by atoms with E-state index >= 15 is 0 Å². The van der Waals surface area contributed by atoms with Gasteiger partial charge in [0.1, 0.15) is 0 Å². The van der Waals surface area contributed by atoms with Crippen molar-refractivity contribution >= 4 is 0 Å². The molecule has 1 aromatic carbocycles. The van der Waals surface area contributed by atoms with E-state index in [0.717, 1.165) is 24.2 Å². The Labute approximate surface area is 96.1 Å². The zero-order valence-corrected chi connectivity index (χ0v) is 9.80. The van der Waals surface area contributed by atoms with Crippen molar-refractivity contribution in [3.8, 4) is 5.69 Å². The first-order chi connectivity index (χ1) is 7.85. The second-order valence-electron chi connectivity index (χ2n) is 3.94. The number of benzene rings is 1. The van der Waals surface area contributed by atoms with Gasteiger partial charge in [0.2, 0.25) is 0 Å². The van der Waals surface area contributed by atoms with Gasteiger partial charge in [-0.05, 0) is 25.0 Å². The van der Waals surface area contributed by atoms with Gasteiger partial charge in [0, 0.05) is 5.92 Å². The molecule has 0 fully saturated rings. The number of rotatable bonds is 4. The average molecular weight is 215 g/mol. The molecule has 0 unspecified atom stereocenters. The lowest BCUT2D eigenvalue weighted by Gasteiger charge is -2.06. The van der Waals surface area contributed by atoms with E-state index in [1.54, 1.807) is 0 Å². The van der Waals surface area contributed by atoms with Crippen molar-refractivity contribution in [2.45, 2.75) is 32.6 Å². The van der Waals surface area contributed by atoms with Crippen molar-refractivity contribution in [3.05, 3.63) is 42.2 Å². The number of para-hydroxylation sites is 1. The van der Waals surface area contributed by atoms with Gasteiger partial charge in [-0.1, -0.05) is 37.3 Å². The van der Waals surface area contributed by atoms with Gasteiger partial charge in [-0.15, -0.1) is 5.10 Å². The Morgan fingerprint density at radius 1 is 1.12 bits per heavy atom. The molecule has 1 heterocycles. The SMILES string of the molecule is CCC(CC)c1cn(-c2ccccc2)nn1. The minimum Gasteiger partial charge on any atom is -0.220 e. The van der Waals surface area contributed by atoms with Crippen LogP contribution in [0.25, 0.3) is 5.69 Å². The van der Waals surface area contributed by atoms with E-state index < -0.39 is 0 Å². The Balaban J connectivity index is 2.26. The molecule has 84 valence electrons. The van der Waals surface area contributed by atoms with Crippen molar-refractivity contribution in [1.82, 2.24) is 15.0 Å². The van der Waals surface area contributed by atoms with Crippen LogP contribution in [0.2, 0.25) is 0 Å². The van der Waals surface area contributed by atoms with Crippen molar-refractivity contribution in [2.24, 2.45) is 0 Å². The fourth-order valence-electron chi connectivity index (χ4n) is 1.88. The van der Waals surface area contributed by atoms with E-state index in [2.05, 4.69) is 24.2 Å². The Hall–Kier alpha value is -1.64. The molecule has 2 rings (SSSR count). The molecule has 2 aromatic rings. The third-order valence-corrected chi connectivity index (χ3v) is 2.94. The van der Waals surface area contributed by atoms with Crippen molar-refractivity contribution < 1.29 is 0 Å². The van der Waals surface area contributed by atoms with E-state index in [9.17, 15) is 0 Å². The summed E-state index contributed by atoms with van der Waals surface area (Å²) in [6.45, 7) is 4.38. The molecule has 0 N–H and O–H groups in total. The summed E-state index contributed by atoms with van der Waals surface area (Å²) in [5.74, 6) is 0.525. The van der Waals surface area contributed by atoms with Gasteiger partial charge < -0.3 is 0 Å². The van der Waals surface area contributed by atoms with Gasteiger partial charge in [0.25, 0.3) is 0 Å². The summed E-state index contributed by atoms with van der Waals surface area (Å²) in [4.78, 5) is 0. The number of hydrogen-bond donors (Lipinski definition) is 0. The summed E-state index contributed by atoms with van der Waals surface area (Å²) in [6, 6.07) is 10.1. The maximum Gasteiger partial charge on any atom is 0.0862 e. The zero-order valence-electron chi connectivity index (χ0n) is 9.80. The highest BCUT2D eigenvalue weighted by molar-refractivity contribution is 5.30. The maximum atomic E-state index is 4.25. The van der Waals surface area contributed by atoms with Crippen molar-refractivity contribution in [3.63, 3.8) is 0 Å². The van der Waals surface area contributed by atoms with Crippen LogP contribution in [0.5, 0.6) is 0 Å². The molecule has 0 radical (unpaired) electrons. The Bertz CT molecular complexity index is 429. The molecule has 1 aromatic heterocycles. The van der Waals surface area contributed by atoms with Crippen LogP contribution in [-0.2, 0) is 0 Å². The Kier molecular flexibility index (Phi) is 3.34. The molecule has 0 aliphatic heterocycles. The van der Waals surface area contributed by atoms with E-state index in [1.165, 1.54) is 0 Å². The Morgan fingerprint density at radius 3 is 2.44 bits per heavy atom. The van der Waals surface area contributed by atoms with E-state index in [1.807, 2.05) is 41.2 Å². The second kappa shape index (κ2) is 4.92. The summed E-state index contributed by atoms with van der Waals surface area (Å²) >= 11 is 0. The molecular weight excluding hydrogens is 198 g/mol. The van der Waals surface area contributed by atoms with Crippen molar-refractivity contribution in [1.29, 1.82) is 0 Å². The molecule has 0 saturated carbocycles. The minimum atomic E-state index is 0.525. The maximum absolute atomic E-state index is 4.25. The summed E-state index contributed by atoms with van der Waals surface area (Å²) in [5.41, 5.74) is 2.15. The lowest BCUT2D eigenvalue weighted by Crippen LogP contribution is -1.95. The largest absolute Gasteiger partial charge is 0.220 e. The van der Waals surface area contributed by atoms with Crippen LogP contribution >= 0.6 is 0 Å². The van der Waals surface area contributed by atoms with Gasteiger partial charge in [0.05, 0.1) is 17.6 Å². The highest BCUT2D eigenvalue weighted by Gasteiger charge is 2.11. The summed E-state index contributed by atoms with van der Waals surface area (Å²) in [5, 5.41) is 8.42. The first-order valence-electron chi connectivity index (χ1n) is 5.82. The molecule has 0 saturated heterocycles. The molecule has 0 bridgehead atoms. The standard InChI is InChI=1S/C13H17N3/c1-3-11(4-2)13-10-16(15-14-13)12-8-6-5-7-9-12/h5-11H,3-4H2,1-2H3. The van der Waals surface area contributed by atoms with Gasteiger partial charge in [-0.25, -0.2) is 4.68 Å². The van der Waals surface area contributed by atoms with E-state index in [4.69, 9.17) is 0 Å². The summed E-state index contributed by atoms with van der Waals surface area (Å²) in [7, 11) is 0. The topological polar surface area (TPSA) is 30.7 Å². The number of hydrogen-bond acceptors (Lipinski definition) is 2. The van der Waals surface area contributed by atoms with Gasteiger partial charge in [-0.2, -0.15) is 0 Å². The zero-order chi connectivity index (χ0) is 11.4. The third kappa shape index (κ3) is 2.13. The molecule has 0 amide bonds. The normalized spacial score (nSPS) is 10.9. The molecule has 3 heteroatoms. The van der Waals surface area contributed by atoms with Crippen LogP contribution in [0.4, 0.5) is 0 Å². The molecule has 0 spiro atoms. The lowest BCUT2D eigenvalue weighted by molar-refractivity contribution is 0.620. The number of aromatic nitrogens is 3. The highest BCUT2D eigenvalue weighted by Crippen LogP contribution is 2.20. The first kappa shape index (κ1) is 10.9. The second-order valence-corrected chi connectivity index (χ2v) is 3.94. The van der Waals surface area contributed by atoms with Crippen LogP contribution < -0.4 is 0 Å². The van der Waals surface area contributed by atoms with Gasteiger partial charge in [-0.3, -0.25) is 0 Å². The van der Waals surface area contributed by atoms with Crippen LogP contribution in [0.1, 0.15) is 38.3 Å². The summed E-state index contributed by atoms with van der Waals surface area (Å²) in [6.07, 6.45) is 4.26. The highest BCUT2D eigenvalue weighted by atomic mass is 15.4. The fraction of sp³-hybridized carbons (Fsp3) is 0.385. The predicted molar refractivity (Wildman–Crippen MR) is 64.7 cm³/mol. The monoisotopic (exact) mass is 215 g/mol. The van der Waals surface area contributed by atoms with Crippen LogP contribution in [-0.4, -0.2) is 15.0 Å². The quantitative estimate of drug-likeness (QED) is 0.784. The van der Waals surface area contributed by atoms with Crippen LogP contribution in [0.3, 0.4) is 0 Å². The first-order valence-corrected chi connectivity index (χ1v) is 5.82. The van der Waals surface area contributed by atoms with Crippen LogP contribution in [0, 0.1) is 0 Å². The van der Waals surface area contributed by atoms with E-state index in [-0.39, 0.29) is 0 Å². The van der Waals surface area contributed by atoms with Gasteiger partial charge >= 0.3 is 0 Å². The van der Waals surface area contributed by atoms with Gasteiger partial charge in [0.15, 0.2) is 0 Å². The molecule has 0 aliphatic rings. The molecule has 0 atom stereocenters. The molecular formula is C13H17N3. The van der Waals surface area contributed by atoms with E-state index in [0.29, 0.717) is 5.92 Å². The molecule has 0 aliphatic carbocycles. The molecule has 16 heavy (non-hydrogen) atoms. The summed E-state index contributed by atoms with van der Waals surface area (Å²) < 4.78 is 1.84. The average Bonchev–Trinajstić information content (AvgIpc) is 2.81. The lowest BCUT2D eigenvalue weighted by atomic mass is 10.0. The number of nitrogens with zero attached hydrogens (tertiary/aromatic N) is 3. The Morgan fingerprint density at radius 2 is 1.81 bits per heavy atom. The third-order valence-electron chi connectivity index (χ3n) is 2.94. The van der Waals surface area contributed by atoms with Crippen LogP contribution in [0.15, 0.2) is 36.5 Å². The smallest absolute Gasteiger partial charge is 0.0862 e.